The zero-order chi connectivity index (χ0) is 14.4. The van der Waals surface area contributed by atoms with Gasteiger partial charge in [-0.25, -0.2) is 0 Å². The first-order valence-corrected chi connectivity index (χ1v) is 6.62. The van der Waals surface area contributed by atoms with Crippen LogP contribution in [0.5, 0.6) is 5.75 Å². The Balaban J connectivity index is 1.95. The summed E-state index contributed by atoms with van der Waals surface area (Å²) < 4.78 is 5.67. The lowest BCUT2D eigenvalue weighted by Crippen LogP contribution is -1.97. The lowest BCUT2D eigenvalue weighted by atomic mass is 10.1. The van der Waals surface area contributed by atoms with Gasteiger partial charge < -0.3 is 9.84 Å². The number of rotatable bonds is 5. The highest BCUT2D eigenvalue weighted by Crippen LogP contribution is 2.20. The first kappa shape index (κ1) is 14.1. The van der Waals surface area contributed by atoms with E-state index in [-0.39, 0.29) is 0 Å². The summed E-state index contributed by atoms with van der Waals surface area (Å²) in [5.74, 6) is 0.765. The zero-order valence-electron chi connectivity index (χ0n) is 11.4. The van der Waals surface area contributed by atoms with Gasteiger partial charge in [-0.1, -0.05) is 31.2 Å². The molecule has 1 atom stereocenters. The molecule has 0 bridgehead atoms. The highest BCUT2D eigenvalue weighted by atomic mass is 16.5. The highest BCUT2D eigenvalue weighted by Gasteiger charge is 2.04. The molecule has 3 heteroatoms. The molecule has 2 aromatic rings. The van der Waals surface area contributed by atoms with Crippen molar-refractivity contribution in [2.45, 2.75) is 26.1 Å². The molecular formula is C17H17NO2. The molecule has 0 fully saturated rings. The van der Waals surface area contributed by atoms with Crippen LogP contribution >= 0.6 is 0 Å². The minimum atomic E-state index is -0.414. The van der Waals surface area contributed by atoms with Crippen molar-refractivity contribution in [3.63, 3.8) is 0 Å². The third kappa shape index (κ3) is 3.59. The fraction of sp³-hybridized carbons (Fsp3) is 0.235. The second-order valence-corrected chi connectivity index (χ2v) is 4.59. The summed E-state index contributed by atoms with van der Waals surface area (Å²) in [5, 5.41) is 18.4. The minimum Gasteiger partial charge on any atom is -0.489 e. The van der Waals surface area contributed by atoms with Crippen LogP contribution in [0.1, 0.15) is 36.1 Å². The van der Waals surface area contributed by atoms with Crippen LogP contribution in [-0.2, 0) is 6.61 Å². The van der Waals surface area contributed by atoms with Gasteiger partial charge in [-0.15, -0.1) is 0 Å². The number of aliphatic hydroxyl groups excluding tert-OH is 1. The van der Waals surface area contributed by atoms with Gasteiger partial charge in [-0.3, -0.25) is 0 Å². The Bertz CT molecular complexity index is 582. The van der Waals surface area contributed by atoms with Gasteiger partial charge in [0.1, 0.15) is 12.4 Å². The number of aliphatic hydroxyl groups is 1. The van der Waals surface area contributed by atoms with Crippen LogP contribution in [0.25, 0.3) is 0 Å². The van der Waals surface area contributed by atoms with E-state index in [4.69, 9.17) is 10.00 Å². The molecule has 2 aromatic carbocycles. The smallest absolute Gasteiger partial charge is 0.119 e. The minimum absolute atomic E-state index is 0.414. The summed E-state index contributed by atoms with van der Waals surface area (Å²) in [7, 11) is 0. The summed E-state index contributed by atoms with van der Waals surface area (Å²) in [5.41, 5.74) is 2.56. The zero-order valence-corrected chi connectivity index (χ0v) is 11.4. The summed E-state index contributed by atoms with van der Waals surface area (Å²) >= 11 is 0. The average Bonchev–Trinajstić information content (AvgIpc) is 2.53. The Morgan fingerprint density at radius 1 is 1.10 bits per heavy atom. The monoisotopic (exact) mass is 267 g/mol. The van der Waals surface area contributed by atoms with Crippen LogP contribution in [0.2, 0.25) is 0 Å². The Hall–Kier alpha value is -2.31. The summed E-state index contributed by atoms with van der Waals surface area (Å²) in [4.78, 5) is 0. The second-order valence-electron chi connectivity index (χ2n) is 4.59. The van der Waals surface area contributed by atoms with Gasteiger partial charge in [0, 0.05) is 0 Å². The van der Waals surface area contributed by atoms with E-state index in [1.165, 1.54) is 0 Å². The molecule has 0 spiro atoms. The van der Waals surface area contributed by atoms with E-state index in [9.17, 15) is 5.11 Å². The fourth-order valence-electron chi connectivity index (χ4n) is 1.86. The molecule has 3 nitrogen and oxygen atoms in total. The van der Waals surface area contributed by atoms with Gasteiger partial charge >= 0.3 is 0 Å². The van der Waals surface area contributed by atoms with Crippen LogP contribution in [0, 0.1) is 11.3 Å². The lowest BCUT2D eigenvalue weighted by molar-refractivity contribution is 0.173. The van der Waals surface area contributed by atoms with Crippen LogP contribution in [0.4, 0.5) is 0 Å². The SMILES string of the molecule is CCC(O)c1ccc(OCc2ccc(C#N)cc2)cc1. The van der Waals surface area contributed by atoms with E-state index in [0.717, 1.165) is 16.9 Å². The molecule has 102 valence electrons. The van der Waals surface area contributed by atoms with Crippen molar-refractivity contribution in [2.24, 2.45) is 0 Å². The molecule has 1 N–H and O–H groups in total. The molecule has 20 heavy (non-hydrogen) atoms. The summed E-state index contributed by atoms with van der Waals surface area (Å²) in [6.07, 6.45) is 0.286. The van der Waals surface area contributed by atoms with Crippen LogP contribution in [-0.4, -0.2) is 5.11 Å². The maximum atomic E-state index is 9.71. The van der Waals surface area contributed by atoms with Crippen LogP contribution in [0.15, 0.2) is 48.5 Å². The highest BCUT2D eigenvalue weighted by molar-refractivity contribution is 5.32. The molecule has 0 heterocycles. The van der Waals surface area contributed by atoms with E-state index < -0.39 is 6.10 Å². The van der Waals surface area contributed by atoms with Gasteiger partial charge in [0.05, 0.1) is 17.7 Å². The Morgan fingerprint density at radius 3 is 2.30 bits per heavy atom. The molecule has 0 aliphatic rings. The van der Waals surface area contributed by atoms with E-state index in [2.05, 4.69) is 6.07 Å². The van der Waals surface area contributed by atoms with E-state index in [0.29, 0.717) is 18.6 Å². The van der Waals surface area contributed by atoms with Crippen molar-refractivity contribution in [2.75, 3.05) is 0 Å². The summed E-state index contributed by atoms with van der Waals surface area (Å²) in [6, 6.07) is 16.9. The second kappa shape index (κ2) is 6.74. The van der Waals surface area contributed by atoms with Crippen molar-refractivity contribution in [3.8, 4) is 11.8 Å². The number of nitrogens with zero attached hydrogens (tertiary/aromatic N) is 1. The van der Waals surface area contributed by atoms with Gasteiger partial charge in [0.25, 0.3) is 0 Å². The normalized spacial score (nSPS) is 11.7. The maximum absolute atomic E-state index is 9.71. The number of ether oxygens (including phenoxy) is 1. The van der Waals surface area contributed by atoms with Gasteiger partial charge in [-0.05, 0) is 41.8 Å². The van der Waals surface area contributed by atoms with Gasteiger partial charge in [-0.2, -0.15) is 5.26 Å². The van der Waals surface area contributed by atoms with Gasteiger partial charge in [0.15, 0.2) is 0 Å². The molecule has 1 unspecified atom stereocenters. The predicted molar refractivity (Wildman–Crippen MR) is 77.2 cm³/mol. The number of nitriles is 1. The summed E-state index contributed by atoms with van der Waals surface area (Å²) in [6.45, 7) is 2.40. The van der Waals surface area contributed by atoms with Crippen molar-refractivity contribution in [1.29, 1.82) is 5.26 Å². The number of hydrogen-bond acceptors (Lipinski definition) is 3. The fourth-order valence-corrected chi connectivity index (χ4v) is 1.86. The molecule has 0 aliphatic heterocycles. The van der Waals surface area contributed by atoms with Crippen LogP contribution in [0.3, 0.4) is 0 Å². The quantitative estimate of drug-likeness (QED) is 0.900. The third-order valence-electron chi connectivity index (χ3n) is 3.14. The molecule has 0 saturated carbocycles. The topological polar surface area (TPSA) is 53.2 Å². The molecule has 0 radical (unpaired) electrons. The first-order valence-electron chi connectivity index (χ1n) is 6.62. The molecule has 0 aromatic heterocycles. The van der Waals surface area contributed by atoms with E-state index >= 15 is 0 Å². The number of hydrogen-bond donors (Lipinski definition) is 1. The number of benzene rings is 2. The largest absolute Gasteiger partial charge is 0.489 e. The predicted octanol–water partition coefficient (Wildman–Crippen LogP) is 3.58. The molecule has 0 aliphatic carbocycles. The lowest BCUT2D eigenvalue weighted by Gasteiger charge is -2.10. The van der Waals surface area contributed by atoms with E-state index in [1.54, 1.807) is 12.1 Å². The third-order valence-corrected chi connectivity index (χ3v) is 3.14. The van der Waals surface area contributed by atoms with Crippen molar-refractivity contribution in [1.82, 2.24) is 0 Å². The Kier molecular flexibility index (Phi) is 4.75. The van der Waals surface area contributed by atoms with Crippen molar-refractivity contribution >= 4 is 0 Å². The first-order chi connectivity index (χ1) is 9.72. The molecule has 0 amide bonds. The van der Waals surface area contributed by atoms with E-state index in [1.807, 2.05) is 43.3 Å². The Morgan fingerprint density at radius 2 is 1.75 bits per heavy atom. The molecule has 0 saturated heterocycles. The molecule has 2 rings (SSSR count). The standard InChI is InChI=1S/C17H17NO2/c1-2-17(19)15-7-9-16(10-8-15)20-12-14-5-3-13(11-18)4-6-14/h3-10,17,19H,2,12H2,1H3. The van der Waals surface area contributed by atoms with Crippen LogP contribution < -0.4 is 4.74 Å². The Labute approximate surface area is 119 Å². The van der Waals surface area contributed by atoms with Gasteiger partial charge in [0.2, 0.25) is 0 Å². The average molecular weight is 267 g/mol. The van der Waals surface area contributed by atoms with Crippen molar-refractivity contribution in [3.05, 3.63) is 65.2 Å². The maximum Gasteiger partial charge on any atom is 0.119 e. The molecular weight excluding hydrogens is 250 g/mol. The van der Waals surface area contributed by atoms with Crippen molar-refractivity contribution < 1.29 is 9.84 Å².